The lowest BCUT2D eigenvalue weighted by molar-refractivity contribution is 0.186. The highest BCUT2D eigenvalue weighted by Gasteiger charge is 2.11. The minimum absolute atomic E-state index is 0.155. The molecule has 108 valence electrons. The minimum Gasteiger partial charge on any atom is -0.383 e. The first-order chi connectivity index (χ1) is 9.11. The Bertz CT molecular complexity index is 507. The van der Waals surface area contributed by atoms with Crippen molar-refractivity contribution in [2.75, 3.05) is 31.3 Å². The van der Waals surface area contributed by atoms with E-state index in [1.54, 1.807) is 0 Å². The average molecular weight is 270 g/mol. The van der Waals surface area contributed by atoms with E-state index in [-0.39, 0.29) is 11.5 Å². The summed E-state index contributed by atoms with van der Waals surface area (Å²) >= 11 is 0. The predicted molar refractivity (Wildman–Crippen MR) is 75.6 cm³/mol. The molecule has 7 heteroatoms. The van der Waals surface area contributed by atoms with Crippen molar-refractivity contribution in [2.45, 2.75) is 32.7 Å². The molecule has 0 aliphatic carbocycles. The molecule has 0 fully saturated rings. The van der Waals surface area contributed by atoms with Crippen molar-refractivity contribution in [3.63, 3.8) is 0 Å². The number of nitrogens with two attached hydrogens (primary N) is 1. The number of unbranched alkanes of at least 4 members (excludes halogenated alkanes) is 2. The van der Waals surface area contributed by atoms with Gasteiger partial charge in [0.25, 0.3) is 5.56 Å². The lowest BCUT2D eigenvalue weighted by atomic mass is 10.2. The Kier molecular flexibility index (Phi) is 6.14. The van der Waals surface area contributed by atoms with Crippen molar-refractivity contribution in [1.82, 2.24) is 9.55 Å². The highest BCUT2D eigenvalue weighted by atomic mass is 16.5. The standard InChI is InChI=1S/C12H22N4O3/c1-3-4-5-6-14-9-10(13)16(7-8-19-2)12(18)15-11(9)17/h14H,3-8,13H2,1-2H3,(H,15,17,18). The molecular formula is C12H22N4O3. The first-order valence-electron chi connectivity index (χ1n) is 6.47. The van der Waals surface area contributed by atoms with E-state index in [1.807, 2.05) is 0 Å². The maximum atomic E-state index is 11.7. The summed E-state index contributed by atoms with van der Waals surface area (Å²) in [7, 11) is 1.54. The molecule has 0 unspecified atom stereocenters. The van der Waals surface area contributed by atoms with Gasteiger partial charge in [-0.1, -0.05) is 19.8 Å². The van der Waals surface area contributed by atoms with E-state index >= 15 is 0 Å². The van der Waals surface area contributed by atoms with Gasteiger partial charge < -0.3 is 15.8 Å². The van der Waals surface area contributed by atoms with E-state index in [0.717, 1.165) is 19.3 Å². The van der Waals surface area contributed by atoms with Gasteiger partial charge in [-0.05, 0) is 6.42 Å². The summed E-state index contributed by atoms with van der Waals surface area (Å²) in [4.78, 5) is 25.6. The Labute approximate surface area is 111 Å². The van der Waals surface area contributed by atoms with Crippen LogP contribution in [-0.4, -0.2) is 29.8 Å². The predicted octanol–water partition coefficient (Wildman–Crippen LogP) is 0.367. The number of aromatic amines is 1. The zero-order valence-corrected chi connectivity index (χ0v) is 11.5. The molecule has 0 saturated carbocycles. The van der Waals surface area contributed by atoms with Crippen LogP contribution in [0, 0.1) is 0 Å². The summed E-state index contributed by atoms with van der Waals surface area (Å²) in [6, 6.07) is 0. The first kappa shape index (κ1) is 15.3. The van der Waals surface area contributed by atoms with Crippen LogP contribution in [-0.2, 0) is 11.3 Å². The normalized spacial score (nSPS) is 10.6. The smallest absolute Gasteiger partial charge is 0.330 e. The molecule has 0 aliphatic rings. The van der Waals surface area contributed by atoms with Crippen LogP contribution < -0.4 is 22.3 Å². The molecule has 0 amide bonds. The molecule has 1 heterocycles. The maximum absolute atomic E-state index is 11.7. The summed E-state index contributed by atoms with van der Waals surface area (Å²) in [5, 5.41) is 2.99. The van der Waals surface area contributed by atoms with Crippen molar-refractivity contribution in [3.05, 3.63) is 20.8 Å². The van der Waals surface area contributed by atoms with E-state index in [1.165, 1.54) is 11.7 Å². The van der Waals surface area contributed by atoms with E-state index in [2.05, 4.69) is 17.2 Å². The second kappa shape index (κ2) is 7.63. The van der Waals surface area contributed by atoms with Crippen LogP contribution in [0.25, 0.3) is 0 Å². The molecule has 1 aromatic rings. The van der Waals surface area contributed by atoms with Gasteiger partial charge in [0.1, 0.15) is 11.5 Å². The molecule has 0 aliphatic heterocycles. The van der Waals surface area contributed by atoms with E-state index in [4.69, 9.17) is 10.5 Å². The third kappa shape index (κ3) is 4.13. The number of aromatic nitrogens is 2. The number of hydrogen-bond acceptors (Lipinski definition) is 5. The monoisotopic (exact) mass is 270 g/mol. The van der Waals surface area contributed by atoms with Gasteiger partial charge in [0.05, 0.1) is 13.2 Å². The molecule has 1 rings (SSSR count). The highest BCUT2D eigenvalue weighted by molar-refractivity contribution is 5.60. The van der Waals surface area contributed by atoms with Gasteiger partial charge in [0.2, 0.25) is 0 Å². The number of methoxy groups -OCH3 is 1. The molecule has 0 aromatic carbocycles. The zero-order chi connectivity index (χ0) is 14.3. The number of H-pyrrole nitrogens is 1. The number of nitrogen functional groups attached to an aromatic ring is 1. The quantitative estimate of drug-likeness (QED) is 0.592. The fourth-order valence-electron chi connectivity index (χ4n) is 1.75. The molecule has 0 radical (unpaired) electrons. The lowest BCUT2D eigenvalue weighted by Crippen LogP contribution is -2.35. The third-order valence-electron chi connectivity index (χ3n) is 2.84. The molecule has 19 heavy (non-hydrogen) atoms. The Hall–Kier alpha value is -1.76. The summed E-state index contributed by atoms with van der Waals surface area (Å²) in [6.45, 7) is 3.42. The van der Waals surface area contributed by atoms with Gasteiger partial charge in [0.15, 0.2) is 0 Å². The fourth-order valence-corrected chi connectivity index (χ4v) is 1.75. The third-order valence-corrected chi connectivity index (χ3v) is 2.84. The summed E-state index contributed by atoms with van der Waals surface area (Å²) < 4.78 is 6.21. The number of nitrogens with zero attached hydrogens (tertiary/aromatic N) is 1. The SMILES string of the molecule is CCCCCNc1c(N)n(CCOC)c(=O)[nH]c1=O. The number of nitrogens with one attached hydrogen (secondary N) is 2. The molecule has 7 nitrogen and oxygen atoms in total. The van der Waals surface area contributed by atoms with Gasteiger partial charge in [0, 0.05) is 13.7 Å². The molecule has 4 N–H and O–H groups in total. The van der Waals surface area contributed by atoms with Crippen molar-refractivity contribution in [2.24, 2.45) is 0 Å². The zero-order valence-electron chi connectivity index (χ0n) is 11.5. The van der Waals surface area contributed by atoms with Crippen LogP contribution in [0.5, 0.6) is 0 Å². The molecule has 0 bridgehead atoms. The van der Waals surface area contributed by atoms with Crippen LogP contribution >= 0.6 is 0 Å². The van der Waals surface area contributed by atoms with E-state index < -0.39 is 11.2 Å². The first-order valence-corrected chi connectivity index (χ1v) is 6.47. The Morgan fingerprint density at radius 2 is 2.11 bits per heavy atom. The van der Waals surface area contributed by atoms with Gasteiger partial charge in [-0.3, -0.25) is 14.3 Å². The fraction of sp³-hybridized carbons (Fsp3) is 0.667. The van der Waals surface area contributed by atoms with Crippen molar-refractivity contribution in [1.29, 1.82) is 0 Å². The number of anilines is 2. The van der Waals surface area contributed by atoms with E-state index in [0.29, 0.717) is 19.7 Å². The largest absolute Gasteiger partial charge is 0.383 e. The van der Waals surface area contributed by atoms with Crippen molar-refractivity contribution in [3.8, 4) is 0 Å². The van der Waals surface area contributed by atoms with Crippen LogP contribution in [0.15, 0.2) is 9.59 Å². The van der Waals surface area contributed by atoms with E-state index in [9.17, 15) is 9.59 Å². The second-order valence-corrected chi connectivity index (χ2v) is 4.30. The second-order valence-electron chi connectivity index (χ2n) is 4.30. The van der Waals surface area contributed by atoms with Crippen molar-refractivity contribution >= 4 is 11.5 Å². The lowest BCUT2D eigenvalue weighted by Gasteiger charge is -2.13. The molecule has 0 spiro atoms. The van der Waals surface area contributed by atoms with Gasteiger partial charge in [-0.15, -0.1) is 0 Å². The molecule has 0 saturated heterocycles. The maximum Gasteiger partial charge on any atom is 0.330 e. The average Bonchev–Trinajstić information content (AvgIpc) is 2.37. The Balaban J connectivity index is 2.90. The van der Waals surface area contributed by atoms with Crippen LogP contribution in [0.4, 0.5) is 11.5 Å². The molecule has 1 aromatic heterocycles. The Morgan fingerprint density at radius 1 is 1.37 bits per heavy atom. The van der Waals surface area contributed by atoms with Gasteiger partial charge in [-0.2, -0.15) is 0 Å². The number of ether oxygens (including phenoxy) is 1. The van der Waals surface area contributed by atoms with Crippen LogP contribution in [0.1, 0.15) is 26.2 Å². The van der Waals surface area contributed by atoms with Crippen LogP contribution in [0.3, 0.4) is 0 Å². The number of hydrogen-bond donors (Lipinski definition) is 3. The highest BCUT2D eigenvalue weighted by Crippen LogP contribution is 2.10. The Morgan fingerprint density at radius 3 is 2.74 bits per heavy atom. The van der Waals surface area contributed by atoms with Crippen LogP contribution in [0.2, 0.25) is 0 Å². The molecule has 0 atom stereocenters. The van der Waals surface area contributed by atoms with Gasteiger partial charge >= 0.3 is 5.69 Å². The van der Waals surface area contributed by atoms with Crippen molar-refractivity contribution < 1.29 is 4.74 Å². The summed E-state index contributed by atoms with van der Waals surface area (Å²) in [5.41, 5.74) is 5.13. The van der Waals surface area contributed by atoms with Gasteiger partial charge in [-0.25, -0.2) is 4.79 Å². The molecular weight excluding hydrogens is 248 g/mol. The summed E-state index contributed by atoms with van der Waals surface area (Å²) in [5.74, 6) is 0.155. The summed E-state index contributed by atoms with van der Waals surface area (Å²) in [6.07, 6.45) is 3.13. The number of rotatable bonds is 8. The minimum atomic E-state index is -0.515. The topological polar surface area (TPSA) is 102 Å².